The molecule has 0 fully saturated rings. The number of anilines is 1. The maximum atomic E-state index is 5.72. The molecule has 0 amide bonds. The molecular formula is C12H18BN. The molecule has 0 saturated carbocycles. The minimum atomic E-state index is 0.846. The van der Waals surface area contributed by atoms with Gasteiger partial charge >= 0.3 is 0 Å². The van der Waals surface area contributed by atoms with E-state index in [1.165, 1.54) is 17.7 Å². The van der Waals surface area contributed by atoms with Crippen molar-refractivity contribution in [3.8, 4) is 0 Å². The Bertz CT molecular complexity index is 296. The van der Waals surface area contributed by atoms with E-state index in [1.54, 1.807) is 0 Å². The highest BCUT2D eigenvalue weighted by atomic mass is 15.1. The van der Waals surface area contributed by atoms with Gasteiger partial charge in [-0.2, -0.15) is 0 Å². The third-order valence-corrected chi connectivity index (χ3v) is 2.44. The van der Waals surface area contributed by atoms with Gasteiger partial charge in [0.2, 0.25) is 0 Å². The Hall–Kier alpha value is -0.915. The van der Waals surface area contributed by atoms with Gasteiger partial charge in [0.25, 0.3) is 0 Å². The van der Waals surface area contributed by atoms with E-state index in [4.69, 9.17) is 7.85 Å². The monoisotopic (exact) mass is 187 g/mol. The summed E-state index contributed by atoms with van der Waals surface area (Å²) < 4.78 is 0. The first kappa shape index (κ1) is 11.2. The molecule has 1 aromatic rings. The maximum Gasteiger partial charge on any atom is 0.113 e. The Labute approximate surface area is 88.5 Å². The van der Waals surface area contributed by atoms with E-state index in [0.29, 0.717) is 0 Å². The lowest BCUT2D eigenvalue weighted by molar-refractivity contribution is 0.789. The van der Waals surface area contributed by atoms with Crippen molar-refractivity contribution in [1.29, 1.82) is 0 Å². The molecule has 1 nitrogen and oxygen atoms in total. The van der Waals surface area contributed by atoms with E-state index < -0.39 is 0 Å². The van der Waals surface area contributed by atoms with Crippen molar-refractivity contribution in [3.05, 3.63) is 23.8 Å². The number of nitrogens with zero attached hydrogens (tertiary/aromatic N) is 1. The van der Waals surface area contributed by atoms with Crippen molar-refractivity contribution in [2.75, 3.05) is 18.0 Å². The predicted octanol–water partition coefficient (Wildman–Crippen LogP) is 2.03. The zero-order chi connectivity index (χ0) is 10.6. The summed E-state index contributed by atoms with van der Waals surface area (Å²) in [5, 5.41) is 0. The molecule has 1 rings (SSSR count). The van der Waals surface area contributed by atoms with E-state index in [2.05, 4.69) is 31.7 Å². The molecule has 14 heavy (non-hydrogen) atoms. The molecule has 0 N–H and O–H groups in total. The van der Waals surface area contributed by atoms with Crippen molar-refractivity contribution >= 4 is 19.0 Å². The van der Waals surface area contributed by atoms with Crippen LogP contribution in [-0.4, -0.2) is 20.9 Å². The van der Waals surface area contributed by atoms with Crippen LogP contribution < -0.4 is 10.4 Å². The van der Waals surface area contributed by atoms with Crippen molar-refractivity contribution in [2.45, 2.75) is 27.2 Å². The van der Waals surface area contributed by atoms with Gasteiger partial charge in [0, 0.05) is 18.8 Å². The highest BCUT2D eigenvalue weighted by Crippen LogP contribution is 2.18. The van der Waals surface area contributed by atoms with Gasteiger partial charge in [-0.3, -0.25) is 0 Å². The second kappa shape index (κ2) is 5.09. The maximum absolute atomic E-state index is 5.72. The number of hydrogen-bond donors (Lipinski definition) is 0. The number of aryl methyl sites for hydroxylation is 1. The van der Waals surface area contributed by atoms with Crippen LogP contribution in [0.1, 0.15) is 25.8 Å². The fraction of sp³-hybridized carbons (Fsp3) is 0.500. The third kappa shape index (κ3) is 2.54. The molecule has 0 aliphatic carbocycles. The van der Waals surface area contributed by atoms with Crippen LogP contribution in [0, 0.1) is 6.92 Å². The third-order valence-electron chi connectivity index (χ3n) is 2.44. The second-order valence-corrected chi connectivity index (χ2v) is 3.63. The molecule has 0 bridgehead atoms. The molecule has 0 aliphatic rings. The van der Waals surface area contributed by atoms with Crippen molar-refractivity contribution < 1.29 is 0 Å². The summed E-state index contributed by atoms with van der Waals surface area (Å²) in [6.45, 7) is 8.67. The zero-order valence-electron chi connectivity index (χ0n) is 9.38. The van der Waals surface area contributed by atoms with E-state index in [9.17, 15) is 0 Å². The Balaban J connectivity index is 2.92. The smallest absolute Gasteiger partial charge is 0.113 e. The molecule has 0 saturated heterocycles. The van der Waals surface area contributed by atoms with E-state index >= 15 is 0 Å². The van der Waals surface area contributed by atoms with Gasteiger partial charge in [-0.15, -0.1) is 0 Å². The fourth-order valence-electron chi connectivity index (χ4n) is 1.75. The molecule has 2 radical (unpaired) electrons. The summed E-state index contributed by atoms with van der Waals surface area (Å²) >= 11 is 0. The minimum absolute atomic E-state index is 0.846. The Morgan fingerprint density at radius 3 is 2.50 bits per heavy atom. The average Bonchev–Trinajstić information content (AvgIpc) is 2.15. The number of hydrogen-bond acceptors (Lipinski definition) is 1. The van der Waals surface area contributed by atoms with Gasteiger partial charge in [-0.25, -0.2) is 0 Å². The topological polar surface area (TPSA) is 3.24 Å². The molecule has 0 aromatic heterocycles. The first-order valence-electron chi connectivity index (χ1n) is 5.30. The molecule has 2 heteroatoms. The van der Waals surface area contributed by atoms with Gasteiger partial charge in [0.1, 0.15) is 7.85 Å². The Morgan fingerprint density at radius 1 is 1.29 bits per heavy atom. The van der Waals surface area contributed by atoms with E-state index in [-0.39, 0.29) is 0 Å². The highest BCUT2D eigenvalue weighted by molar-refractivity contribution is 6.32. The largest absolute Gasteiger partial charge is 0.372 e. The van der Waals surface area contributed by atoms with Crippen molar-refractivity contribution in [3.63, 3.8) is 0 Å². The first-order valence-corrected chi connectivity index (χ1v) is 5.30. The summed E-state index contributed by atoms with van der Waals surface area (Å²) in [6, 6.07) is 6.12. The summed E-state index contributed by atoms with van der Waals surface area (Å²) in [5.74, 6) is 0. The summed E-state index contributed by atoms with van der Waals surface area (Å²) in [6.07, 6.45) is 1.18. The van der Waals surface area contributed by atoms with Crippen LogP contribution in [0.3, 0.4) is 0 Å². The molecule has 0 unspecified atom stereocenters. The lowest BCUT2D eigenvalue weighted by Crippen LogP contribution is -2.24. The molecule has 0 spiro atoms. The lowest BCUT2D eigenvalue weighted by Gasteiger charge is -2.24. The van der Waals surface area contributed by atoms with Gasteiger partial charge in [0.05, 0.1) is 0 Å². The summed E-state index contributed by atoms with van der Waals surface area (Å²) in [5.41, 5.74) is 3.42. The van der Waals surface area contributed by atoms with Gasteiger partial charge in [-0.1, -0.05) is 24.5 Å². The first-order chi connectivity index (χ1) is 6.69. The molecule has 0 atom stereocenters. The normalized spacial score (nSPS) is 10.2. The second-order valence-electron chi connectivity index (χ2n) is 3.63. The minimum Gasteiger partial charge on any atom is -0.372 e. The SMILES string of the molecule is [B]c1ccc(N(CC)CCC)c(C)c1. The van der Waals surface area contributed by atoms with Crippen LogP contribution in [0.2, 0.25) is 0 Å². The number of benzene rings is 1. The Kier molecular flexibility index (Phi) is 4.06. The molecular weight excluding hydrogens is 169 g/mol. The standard InChI is InChI=1S/C12H18BN/c1-4-8-14(5-2)12-7-6-11(13)9-10(12)3/h6-7,9H,4-5,8H2,1-3H3. The van der Waals surface area contributed by atoms with Crippen LogP contribution in [-0.2, 0) is 0 Å². The van der Waals surface area contributed by atoms with Crippen LogP contribution in [0.4, 0.5) is 5.69 Å². The van der Waals surface area contributed by atoms with Gasteiger partial charge in [0.15, 0.2) is 0 Å². The Morgan fingerprint density at radius 2 is 2.00 bits per heavy atom. The average molecular weight is 187 g/mol. The fourth-order valence-corrected chi connectivity index (χ4v) is 1.75. The van der Waals surface area contributed by atoms with Crippen LogP contribution in [0.25, 0.3) is 0 Å². The quantitative estimate of drug-likeness (QED) is 0.652. The summed E-state index contributed by atoms with van der Waals surface area (Å²) in [7, 11) is 5.72. The van der Waals surface area contributed by atoms with E-state index in [1.807, 2.05) is 12.1 Å². The van der Waals surface area contributed by atoms with Crippen LogP contribution in [0.5, 0.6) is 0 Å². The van der Waals surface area contributed by atoms with Crippen molar-refractivity contribution in [1.82, 2.24) is 0 Å². The zero-order valence-corrected chi connectivity index (χ0v) is 9.38. The lowest BCUT2D eigenvalue weighted by atomic mass is 9.94. The number of rotatable bonds is 4. The van der Waals surface area contributed by atoms with Crippen LogP contribution >= 0.6 is 0 Å². The molecule has 74 valence electrons. The van der Waals surface area contributed by atoms with E-state index in [0.717, 1.165) is 18.6 Å². The summed E-state index contributed by atoms with van der Waals surface area (Å²) in [4.78, 5) is 2.38. The van der Waals surface area contributed by atoms with Gasteiger partial charge in [-0.05, 0) is 31.9 Å². The van der Waals surface area contributed by atoms with Crippen molar-refractivity contribution in [2.24, 2.45) is 0 Å². The molecule has 1 aromatic carbocycles. The van der Waals surface area contributed by atoms with Crippen LogP contribution in [0.15, 0.2) is 18.2 Å². The van der Waals surface area contributed by atoms with Gasteiger partial charge < -0.3 is 4.90 Å². The predicted molar refractivity (Wildman–Crippen MR) is 64.7 cm³/mol. The highest BCUT2D eigenvalue weighted by Gasteiger charge is 2.05. The molecule has 0 heterocycles. The molecule has 0 aliphatic heterocycles.